The number of carbonyl (C=O) groups excluding carboxylic acids is 1. The summed E-state index contributed by atoms with van der Waals surface area (Å²) in [6.07, 6.45) is -4.87. The normalized spacial score (nSPS) is 11.2. The van der Waals surface area contributed by atoms with Gasteiger partial charge in [0, 0.05) is 36.0 Å². The van der Waals surface area contributed by atoms with E-state index in [9.17, 15) is 18.0 Å². The second-order valence-corrected chi connectivity index (χ2v) is 10.6. The number of ether oxygens (including phenoxy) is 1. The van der Waals surface area contributed by atoms with Gasteiger partial charge in [0.05, 0.1) is 12.1 Å². The number of rotatable bonds is 11. The minimum atomic E-state index is -4.80. The van der Waals surface area contributed by atoms with Crippen molar-refractivity contribution in [3.8, 4) is 28.4 Å². The maximum atomic E-state index is 13.3. The minimum Gasteiger partial charge on any atom is -0.406 e. The van der Waals surface area contributed by atoms with Crippen molar-refractivity contribution in [2.24, 2.45) is 0 Å². The summed E-state index contributed by atoms with van der Waals surface area (Å²) in [6.45, 7) is 1.08. The van der Waals surface area contributed by atoms with Crippen LogP contribution in [0.2, 0.25) is 0 Å². The van der Waals surface area contributed by atoms with E-state index < -0.39 is 6.36 Å². The standard InChI is InChI=1S/C35H28F3N7O2/c36-35(37,38)47-28-17-15-24(16-18-28)19-33(46)39-27-20-31(29-13-7-8-14-30(29)34-41-43-44-42-34)40-32(21-27)45(22-25-9-3-1-4-10-25)23-26-11-5-2-6-12-26/h1-18,20-21H,19,22-23H2,(H,39,40,46)(H,41,42,43,44). The molecule has 0 spiro atoms. The van der Waals surface area contributed by atoms with Crippen LogP contribution in [0.5, 0.6) is 5.75 Å². The summed E-state index contributed by atoms with van der Waals surface area (Å²) in [5, 5.41) is 17.5. The number of amides is 1. The van der Waals surface area contributed by atoms with Gasteiger partial charge in [-0.25, -0.2) is 4.98 Å². The van der Waals surface area contributed by atoms with E-state index >= 15 is 0 Å². The van der Waals surface area contributed by atoms with E-state index in [0.717, 1.165) is 16.7 Å². The number of nitrogens with zero attached hydrogens (tertiary/aromatic N) is 5. The van der Waals surface area contributed by atoms with E-state index in [4.69, 9.17) is 4.98 Å². The molecule has 2 aromatic heterocycles. The quantitative estimate of drug-likeness (QED) is 0.155. The summed E-state index contributed by atoms with van der Waals surface area (Å²) in [4.78, 5) is 20.5. The largest absolute Gasteiger partial charge is 0.573 e. The van der Waals surface area contributed by atoms with Crippen molar-refractivity contribution in [1.29, 1.82) is 0 Å². The van der Waals surface area contributed by atoms with Crippen LogP contribution in [-0.4, -0.2) is 37.9 Å². The molecule has 4 aromatic carbocycles. The van der Waals surface area contributed by atoms with E-state index in [1.807, 2.05) is 91.0 Å². The number of H-pyrrole nitrogens is 1. The monoisotopic (exact) mass is 635 g/mol. The summed E-state index contributed by atoms with van der Waals surface area (Å²) in [7, 11) is 0. The molecule has 2 N–H and O–H groups in total. The van der Waals surface area contributed by atoms with Crippen LogP contribution in [0.4, 0.5) is 24.7 Å². The lowest BCUT2D eigenvalue weighted by atomic mass is 10.0. The first-order valence-corrected chi connectivity index (χ1v) is 14.6. The third-order valence-corrected chi connectivity index (χ3v) is 7.16. The predicted octanol–water partition coefficient (Wildman–Crippen LogP) is 7.22. The van der Waals surface area contributed by atoms with Crippen LogP contribution in [0.25, 0.3) is 22.6 Å². The Labute approximate surface area is 268 Å². The summed E-state index contributed by atoms with van der Waals surface area (Å²) < 4.78 is 41.7. The number of benzene rings is 4. The van der Waals surface area contributed by atoms with E-state index in [1.165, 1.54) is 24.3 Å². The van der Waals surface area contributed by atoms with Crippen LogP contribution in [0.15, 0.2) is 121 Å². The van der Waals surface area contributed by atoms with Crippen molar-refractivity contribution < 1.29 is 22.7 Å². The first-order chi connectivity index (χ1) is 22.8. The zero-order valence-electron chi connectivity index (χ0n) is 24.9. The van der Waals surface area contributed by atoms with Gasteiger partial charge in [0.15, 0.2) is 0 Å². The third-order valence-electron chi connectivity index (χ3n) is 7.16. The van der Waals surface area contributed by atoms with Gasteiger partial charge < -0.3 is 15.0 Å². The van der Waals surface area contributed by atoms with Gasteiger partial charge in [0.25, 0.3) is 0 Å². The van der Waals surface area contributed by atoms with E-state index in [1.54, 1.807) is 6.07 Å². The fraction of sp³-hybridized carbons (Fsp3) is 0.114. The molecule has 0 aliphatic heterocycles. The molecule has 0 radical (unpaired) electrons. The van der Waals surface area contributed by atoms with Crippen molar-refractivity contribution in [1.82, 2.24) is 25.6 Å². The molecule has 6 rings (SSSR count). The summed E-state index contributed by atoms with van der Waals surface area (Å²) in [5.74, 6) is 0.285. The number of pyridine rings is 1. The average Bonchev–Trinajstić information content (AvgIpc) is 3.61. The lowest BCUT2D eigenvalue weighted by molar-refractivity contribution is -0.274. The molecule has 0 fully saturated rings. The van der Waals surface area contributed by atoms with Crippen molar-refractivity contribution in [3.63, 3.8) is 0 Å². The highest BCUT2D eigenvalue weighted by Gasteiger charge is 2.31. The number of tetrazole rings is 1. The molecule has 0 saturated carbocycles. The summed E-state index contributed by atoms with van der Waals surface area (Å²) in [5.41, 5.74) is 5.15. The van der Waals surface area contributed by atoms with Crippen LogP contribution in [-0.2, 0) is 24.3 Å². The number of carbonyl (C=O) groups is 1. The Kier molecular flexibility index (Phi) is 9.18. The molecule has 12 heteroatoms. The first kappa shape index (κ1) is 31.0. The molecule has 0 unspecified atom stereocenters. The van der Waals surface area contributed by atoms with Gasteiger partial charge in [-0.3, -0.25) is 4.79 Å². The number of hydrogen-bond acceptors (Lipinski definition) is 7. The predicted molar refractivity (Wildman–Crippen MR) is 171 cm³/mol. The molecule has 9 nitrogen and oxygen atoms in total. The van der Waals surface area contributed by atoms with Crippen molar-refractivity contribution in [2.75, 3.05) is 10.2 Å². The molecule has 47 heavy (non-hydrogen) atoms. The molecule has 2 heterocycles. The van der Waals surface area contributed by atoms with Gasteiger partial charge in [-0.2, -0.15) is 5.21 Å². The lowest BCUT2D eigenvalue weighted by Gasteiger charge is -2.26. The molecule has 0 atom stereocenters. The molecule has 0 saturated heterocycles. The smallest absolute Gasteiger partial charge is 0.406 e. The number of nitrogens with one attached hydrogen (secondary N) is 2. The maximum Gasteiger partial charge on any atom is 0.573 e. The highest BCUT2D eigenvalue weighted by molar-refractivity contribution is 5.94. The molecular weight excluding hydrogens is 607 g/mol. The molecule has 236 valence electrons. The number of anilines is 2. The highest BCUT2D eigenvalue weighted by Crippen LogP contribution is 2.33. The van der Waals surface area contributed by atoms with Crippen LogP contribution < -0.4 is 15.0 Å². The molecule has 0 aliphatic carbocycles. The lowest BCUT2D eigenvalue weighted by Crippen LogP contribution is -2.24. The molecule has 6 aromatic rings. The fourth-order valence-corrected chi connectivity index (χ4v) is 5.09. The number of halogens is 3. The van der Waals surface area contributed by atoms with Crippen molar-refractivity contribution in [2.45, 2.75) is 25.9 Å². The first-order valence-electron chi connectivity index (χ1n) is 14.6. The Morgan fingerprint density at radius 2 is 1.38 bits per heavy atom. The van der Waals surface area contributed by atoms with Crippen LogP contribution >= 0.6 is 0 Å². The topological polar surface area (TPSA) is 109 Å². The van der Waals surface area contributed by atoms with Gasteiger partial charge in [0.2, 0.25) is 11.7 Å². The fourth-order valence-electron chi connectivity index (χ4n) is 5.09. The molecule has 0 aliphatic rings. The van der Waals surface area contributed by atoms with Crippen LogP contribution in [0, 0.1) is 0 Å². The zero-order chi connectivity index (χ0) is 32.6. The summed E-state index contributed by atoms with van der Waals surface area (Å²) in [6, 6.07) is 36.3. The van der Waals surface area contributed by atoms with Crippen molar-refractivity contribution in [3.05, 3.63) is 138 Å². The third kappa shape index (κ3) is 8.37. The second kappa shape index (κ2) is 13.9. The zero-order valence-corrected chi connectivity index (χ0v) is 24.9. The number of hydrogen-bond donors (Lipinski definition) is 2. The number of alkyl halides is 3. The average molecular weight is 636 g/mol. The van der Waals surface area contributed by atoms with Crippen LogP contribution in [0.1, 0.15) is 16.7 Å². The van der Waals surface area contributed by atoms with Gasteiger partial charge >= 0.3 is 6.36 Å². The Bertz CT molecular complexity index is 1880. The number of aromatic nitrogens is 5. The summed E-state index contributed by atoms with van der Waals surface area (Å²) >= 11 is 0. The van der Waals surface area contributed by atoms with Gasteiger partial charge in [0.1, 0.15) is 11.6 Å². The molecule has 1 amide bonds. The maximum absolute atomic E-state index is 13.3. The van der Waals surface area contributed by atoms with Crippen LogP contribution in [0.3, 0.4) is 0 Å². The van der Waals surface area contributed by atoms with Gasteiger partial charge in [-0.15, -0.1) is 23.4 Å². The Morgan fingerprint density at radius 3 is 1.98 bits per heavy atom. The molecule has 0 bridgehead atoms. The van der Waals surface area contributed by atoms with Crippen molar-refractivity contribution >= 4 is 17.4 Å². The highest BCUT2D eigenvalue weighted by atomic mass is 19.4. The minimum absolute atomic E-state index is 0.0729. The second-order valence-electron chi connectivity index (χ2n) is 10.6. The SMILES string of the molecule is O=C(Cc1ccc(OC(F)(F)F)cc1)Nc1cc(-c2ccccc2-c2nn[nH]n2)nc(N(Cc2ccccc2)Cc2ccccc2)c1. The van der Waals surface area contributed by atoms with E-state index in [2.05, 4.69) is 35.6 Å². The Hall–Kier alpha value is -6.04. The van der Waals surface area contributed by atoms with Gasteiger partial charge in [-0.05, 0) is 40.1 Å². The van der Waals surface area contributed by atoms with Gasteiger partial charge in [-0.1, -0.05) is 97.1 Å². The van der Waals surface area contributed by atoms with E-state index in [0.29, 0.717) is 47.2 Å². The van der Waals surface area contributed by atoms with E-state index in [-0.39, 0.29) is 18.1 Å². The Balaban J connectivity index is 1.36. The molecular formula is C35H28F3N7O2. The Morgan fingerprint density at radius 1 is 0.766 bits per heavy atom. The number of aromatic amines is 1.